The van der Waals surface area contributed by atoms with Crippen LogP contribution in [0.25, 0.3) is 0 Å². The van der Waals surface area contributed by atoms with Gasteiger partial charge >= 0.3 is 0 Å². The number of hydrogen-bond donors (Lipinski definition) is 0. The SMILES string of the molecule is CO[C@@H](C[N+](=O)[O-])c1cc(F)ccc1F. The van der Waals surface area contributed by atoms with E-state index in [1.165, 1.54) is 7.11 Å². The Labute approximate surface area is 84.6 Å². The molecule has 15 heavy (non-hydrogen) atoms. The lowest BCUT2D eigenvalue weighted by molar-refractivity contribution is -0.492. The van der Waals surface area contributed by atoms with Crippen LogP contribution in [0.5, 0.6) is 0 Å². The minimum absolute atomic E-state index is 0.144. The Balaban J connectivity index is 3.00. The zero-order valence-electron chi connectivity index (χ0n) is 7.94. The Hall–Kier alpha value is -1.56. The smallest absolute Gasteiger partial charge is 0.233 e. The highest BCUT2D eigenvalue weighted by molar-refractivity contribution is 5.21. The molecule has 6 heteroatoms. The molecule has 4 nitrogen and oxygen atoms in total. The van der Waals surface area contributed by atoms with Crippen molar-refractivity contribution in [2.45, 2.75) is 6.10 Å². The third-order valence-electron chi connectivity index (χ3n) is 1.90. The van der Waals surface area contributed by atoms with Gasteiger partial charge in [-0.1, -0.05) is 0 Å². The summed E-state index contributed by atoms with van der Waals surface area (Å²) < 4.78 is 30.7. The zero-order chi connectivity index (χ0) is 11.4. The summed E-state index contributed by atoms with van der Waals surface area (Å²) in [5, 5.41) is 10.2. The Bertz CT molecular complexity index is 370. The first-order chi connectivity index (χ1) is 7.04. The van der Waals surface area contributed by atoms with Crippen LogP contribution in [-0.4, -0.2) is 18.6 Å². The molecular weight excluding hydrogens is 208 g/mol. The molecule has 0 aliphatic heterocycles. The summed E-state index contributed by atoms with van der Waals surface area (Å²) in [7, 11) is 1.21. The summed E-state index contributed by atoms with van der Waals surface area (Å²) in [5.74, 6) is -1.37. The van der Waals surface area contributed by atoms with E-state index in [4.69, 9.17) is 4.74 Å². The molecule has 1 aromatic carbocycles. The summed E-state index contributed by atoms with van der Waals surface area (Å²) in [6.07, 6.45) is -1.07. The maximum absolute atomic E-state index is 13.2. The van der Waals surface area contributed by atoms with Gasteiger partial charge in [0.25, 0.3) is 0 Å². The van der Waals surface area contributed by atoms with Crippen LogP contribution >= 0.6 is 0 Å². The summed E-state index contributed by atoms with van der Waals surface area (Å²) >= 11 is 0. The Morgan fingerprint density at radius 3 is 2.73 bits per heavy atom. The van der Waals surface area contributed by atoms with Crippen LogP contribution in [0.15, 0.2) is 18.2 Å². The molecule has 0 bridgehead atoms. The van der Waals surface area contributed by atoms with Crippen LogP contribution < -0.4 is 0 Å². The molecule has 0 radical (unpaired) electrons. The van der Waals surface area contributed by atoms with E-state index in [0.717, 1.165) is 18.2 Å². The van der Waals surface area contributed by atoms with Crippen LogP contribution in [0, 0.1) is 21.7 Å². The molecule has 0 unspecified atom stereocenters. The Morgan fingerprint density at radius 1 is 1.53 bits per heavy atom. The molecule has 0 aliphatic carbocycles. The van der Waals surface area contributed by atoms with E-state index >= 15 is 0 Å². The highest BCUT2D eigenvalue weighted by atomic mass is 19.1. The lowest BCUT2D eigenvalue weighted by atomic mass is 10.1. The second-order valence-electron chi connectivity index (χ2n) is 2.91. The van der Waals surface area contributed by atoms with Gasteiger partial charge < -0.3 is 4.74 Å². The van der Waals surface area contributed by atoms with Crippen molar-refractivity contribution < 1.29 is 18.4 Å². The Kier molecular flexibility index (Phi) is 3.68. The number of nitrogens with zero attached hydrogens (tertiary/aromatic N) is 1. The normalized spacial score (nSPS) is 12.5. The molecule has 0 fully saturated rings. The second-order valence-corrected chi connectivity index (χ2v) is 2.91. The fraction of sp³-hybridized carbons (Fsp3) is 0.333. The molecule has 0 aromatic heterocycles. The minimum atomic E-state index is -1.07. The van der Waals surface area contributed by atoms with E-state index in [0.29, 0.717) is 0 Å². The van der Waals surface area contributed by atoms with Gasteiger partial charge in [-0.25, -0.2) is 8.78 Å². The van der Waals surface area contributed by atoms with E-state index in [1.807, 2.05) is 0 Å². The van der Waals surface area contributed by atoms with Crippen molar-refractivity contribution in [3.63, 3.8) is 0 Å². The van der Waals surface area contributed by atoms with E-state index in [1.54, 1.807) is 0 Å². The standard InChI is InChI=1S/C9H9F2NO3/c1-15-9(5-12(13)14)7-4-6(10)2-3-8(7)11/h2-4,9H,5H2,1H3/t9-/m0/s1. The molecule has 1 atom stereocenters. The van der Waals surface area contributed by atoms with Crippen molar-refractivity contribution >= 4 is 0 Å². The van der Waals surface area contributed by atoms with Crippen LogP contribution in [0.3, 0.4) is 0 Å². The number of rotatable bonds is 4. The molecule has 82 valence electrons. The van der Waals surface area contributed by atoms with Crippen molar-refractivity contribution in [1.29, 1.82) is 0 Å². The molecule has 0 aliphatic rings. The predicted molar refractivity (Wildman–Crippen MR) is 48.0 cm³/mol. The van der Waals surface area contributed by atoms with Crippen LogP contribution in [0.1, 0.15) is 11.7 Å². The monoisotopic (exact) mass is 217 g/mol. The maximum atomic E-state index is 13.2. The van der Waals surface area contributed by atoms with Gasteiger partial charge in [0.05, 0.1) is 0 Å². The number of hydrogen-bond acceptors (Lipinski definition) is 3. The van der Waals surface area contributed by atoms with E-state index in [2.05, 4.69) is 0 Å². The lowest BCUT2D eigenvalue weighted by Crippen LogP contribution is -2.15. The summed E-state index contributed by atoms with van der Waals surface area (Å²) in [6, 6.07) is 2.75. The average molecular weight is 217 g/mol. The fourth-order valence-corrected chi connectivity index (χ4v) is 1.20. The van der Waals surface area contributed by atoms with Crippen molar-refractivity contribution in [2.24, 2.45) is 0 Å². The first-order valence-electron chi connectivity index (χ1n) is 4.14. The van der Waals surface area contributed by atoms with Gasteiger partial charge in [0.15, 0.2) is 0 Å². The van der Waals surface area contributed by atoms with Gasteiger partial charge in [-0.05, 0) is 18.2 Å². The van der Waals surface area contributed by atoms with Gasteiger partial charge in [-0.2, -0.15) is 0 Å². The van der Waals surface area contributed by atoms with Crippen LogP contribution in [0.4, 0.5) is 8.78 Å². The largest absolute Gasteiger partial charge is 0.370 e. The minimum Gasteiger partial charge on any atom is -0.370 e. The summed E-state index contributed by atoms with van der Waals surface area (Å²) in [6.45, 7) is -0.600. The molecule has 1 rings (SSSR count). The molecule has 0 N–H and O–H groups in total. The molecule has 0 heterocycles. The molecular formula is C9H9F2NO3. The van der Waals surface area contributed by atoms with E-state index < -0.39 is 29.2 Å². The van der Waals surface area contributed by atoms with Crippen molar-refractivity contribution in [3.8, 4) is 0 Å². The summed E-state index contributed by atoms with van der Waals surface area (Å²) in [4.78, 5) is 9.61. The number of benzene rings is 1. The third kappa shape index (κ3) is 2.95. The first-order valence-corrected chi connectivity index (χ1v) is 4.14. The summed E-state index contributed by atoms with van der Waals surface area (Å²) in [5.41, 5.74) is -0.144. The van der Waals surface area contributed by atoms with Crippen LogP contribution in [0.2, 0.25) is 0 Å². The van der Waals surface area contributed by atoms with Crippen molar-refractivity contribution in [1.82, 2.24) is 0 Å². The topological polar surface area (TPSA) is 52.4 Å². The second kappa shape index (κ2) is 4.79. The third-order valence-corrected chi connectivity index (χ3v) is 1.90. The van der Waals surface area contributed by atoms with Gasteiger partial charge in [0.2, 0.25) is 6.54 Å². The highest BCUT2D eigenvalue weighted by Gasteiger charge is 2.21. The quantitative estimate of drug-likeness (QED) is 0.572. The highest BCUT2D eigenvalue weighted by Crippen LogP contribution is 2.21. The van der Waals surface area contributed by atoms with Gasteiger partial charge in [0, 0.05) is 17.6 Å². The number of methoxy groups -OCH3 is 1. The average Bonchev–Trinajstić information content (AvgIpc) is 2.18. The predicted octanol–water partition coefficient (Wildman–Crippen LogP) is 1.93. The maximum Gasteiger partial charge on any atom is 0.233 e. The molecule has 1 aromatic rings. The molecule has 0 amide bonds. The van der Waals surface area contributed by atoms with Crippen molar-refractivity contribution in [2.75, 3.05) is 13.7 Å². The number of nitro groups is 1. The first kappa shape index (κ1) is 11.5. The lowest BCUT2D eigenvalue weighted by Gasteiger charge is -2.11. The molecule has 0 saturated heterocycles. The van der Waals surface area contributed by atoms with E-state index in [9.17, 15) is 18.9 Å². The fourth-order valence-electron chi connectivity index (χ4n) is 1.20. The zero-order valence-corrected chi connectivity index (χ0v) is 7.94. The molecule has 0 saturated carbocycles. The molecule has 0 spiro atoms. The number of ether oxygens (including phenoxy) is 1. The van der Waals surface area contributed by atoms with Crippen LogP contribution in [-0.2, 0) is 4.74 Å². The van der Waals surface area contributed by atoms with Crippen molar-refractivity contribution in [3.05, 3.63) is 45.5 Å². The van der Waals surface area contributed by atoms with Gasteiger partial charge in [0.1, 0.15) is 17.7 Å². The number of halogens is 2. The van der Waals surface area contributed by atoms with Gasteiger partial charge in [-0.15, -0.1) is 0 Å². The van der Waals surface area contributed by atoms with Gasteiger partial charge in [-0.3, -0.25) is 10.1 Å². The van der Waals surface area contributed by atoms with E-state index in [-0.39, 0.29) is 5.56 Å². The Morgan fingerprint density at radius 2 is 2.20 bits per heavy atom.